The van der Waals surface area contributed by atoms with Gasteiger partial charge in [-0.15, -0.1) is 21.5 Å². The van der Waals surface area contributed by atoms with Gasteiger partial charge in [0.05, 0.1) is 31.0 Å². The molecule has 1 atom stereocenters. The Morgan fingerprint density at radius 2 is 2.16 bits per heavy atom. The molecule has 5 rings (SSSR count). The molecule has 0 saturated carbocycles. The van der Waals surface area contributed by atoms with Crippen LogP contribution in [0.15, 0.2) is 45.7 Å². The zero-order chi connectivity index (χ0) is 22.1. The molecule has 1 aromatic carbocycles. The van der Waals surface area contributed by atoms with Gasteiger partial charge < -0.3 is 14.8 Å². The lowest BCUT2D eigenvalue weighted by molar-refractivity contribution is -0.113. The molecule has 9 nitrogen and oxygen atoms in total. The van der Waals surface area contributed by atoms with Crippen molar-refractivity contribution < 1.29 is 14.3 Å². The van der Waals surface area contributed by atoms with Crippen LogP contribution in [0.1, 0.15) is 12.8 Å². The average molecular weight is 472 g/mol. The third kappa shape index (κ3) is 3.98. The fraction of sp³-hybridized carbons (Fsp3) is 0.333. The zero-order valence-corrected chi connectivity index (χ0v) is 18.9. The number of ether oxygens (including phenoxy) is 2. The minimum Gasteiger partial charge on any atom is -0.497 e. The molecule has 32 heavy (non-hydrogen) atoms. The topological polar surface area (TPSA) is 99.8 Å². The molecule has 1 aliphatic heterocycles. The second-order valence-corrected chi connectivity index (χ2v) is 9.23. The number of thiophene rings is 1. The number of anilines is 1. The van der Waals surface area contributed by atoms with Gasteiger partial charge in [-0.05, 0) is 48.6 Å². The largest absolute Gasteiger partial charge is 0.497 e. The van der Waals surface area contributed by atoms with Crippen LogP contribution in [0.4, 0.5) is 5.69 Å². The lowest BCUT2D eigenvalue weighted by atomic mass is 10.2. The molecule has 0 radical (unpaired) electrons. The van der Waals surface area contributed by atoms with E-state index in [4.69, 9.17) is 9.47 Å². The number of carbonyl (C=O) groups excluding carboxylic acids is 1. The van der Waals surface area contributed by atoms with Gasteiger partial charge in [0.1, 0.15) is 10.4 Å². The minimum absolute atomic E-state index is 0.00279. The van der Waals surface area contributed by atoms with E-state index in [1.807, 2.05) is 15.8 Å². The number of nitrogens with zero attached hydrogens (tertiary/aromatic N) is 4. The first-order valence-electron chi connectivity index (χ1n) is 10.2. The summed E-state index contributed by atoms with van der Waals surface area (Å²) in [4.78, 5) is 25.5. The number of carbonyl (C=O) groups is 1. The quantitative estimate of drug-likeness (QED) is 0.414. The maximum atomic E-state index is 13.1. The highest BCUT2D eigenvalue weighted by Gasteiger charge is 2.22. The number of methoxy groups -OCH3 is 1. The number of thioether (sulfide) groups is 1. The minimum atomic E-state index is -0.161. The maximum Gasteiger partial charge on any atom is 0.272 e. The Balaban J connectivity index is 1.40. The van der Waals surface area contributed by atoms with Crippen molar-refractivity contribution in [3.63, 3.8) is 0 Å². The molecule has 0 bridgehead atoms. The number of nitrogens with one attached hydrogen (secondary N) is 1. The molecule has 1 amide bonds. The van der Waals surface area contributed by atoms with Crippen LogP contribution < -0.4 is 15.6 Å². The van der Waals surface area contributed by atoms with Gasteiger partial charge in [-0.3, -0.25) is 18.6 Å². The van der Waals surface area contributed by atoms with Gasteiger partial charge in [-0.25, -0.2) is 0 Å². The van der Waals surface area contributed by atoms with Gasteiger partial charge in [0, 0.05) is 12.3 Å². The van der Waals surface area contributed by atoms with Gasteiger partial charge >= 0.3 is 0 Å². The van der Waals surface area contributed by atoms with Gasteiger partial charge in [0.25, 0.3) is 5.56 Å². The van der Waals surface area contributed by atoms with Gasteiger partial charge in [0.2, 0.25) is 11.7 Å². The SMILES string of the molecule is COc1ccc(NC(=O)CSc2nnc3n(CC4CCCO4)c(=O)c4sccc4n23)cc1. The molecule has 1 unspecified atom stereocenters. The molecule has 1 fully saturated rings. The first-order valence-corrected chi connectivity index (χ1v) is 12.0. The second kappa shape index (κ2) is 8.93. The molecule has 1 saturated heterocycles. The summed E-state index contributed by atoms with van der Waals surface area (Å²) in [5, 5.41) is 13.9. The van der Waals surface area contributed by atoms with Crippen LogP contribution in [-0.2, 0) is 16.1 Å². The van der Waals surface area contributed by atoms with E-state index in [0.717, 1.165) is 24.1 Å². The zero-order valence-electron chi connectivity index (χ0n) is 17.3. The van der Waals surface area contributed by atoms with E-state index in [0.29, 0.717) is 34.5 Å². The summed E-state index contributed by atoms with van der Waals surface area (Å²) in [6, 6.07) is 9.03. The van der Waals surface area contributed by atoms with Crippen molar-refractivity contribution >= 4 is 50.7 Å². The van der Waals surface area contributed by atoms with Crippen molar-refractivity contribution in [1.82, 2.24) is 19.2 Å². The van der Waals surface area contributed by atoms with E-state index >= 15 is 0 Å². The standard InChI is InChI=1S/C21H21N5O4S2/c1-29-14-6-4-13(5-7-14)22-17(27)12-32-21-24-23-20-25(11-15-3-2-9-30-15)19(28)18-16(26(20)21)8-10-31-18/h4-8,10,15H,2-3,9,11-12H2,1H3,(H,22,27). The van der Waals surface area contributed by atoms with Crippen LogP contribution >= 0.6 is 23.1 Å². The summed E-state index contributed by atoms with van der Waals surface area (Å²) < 4.78 is 15.0. The Morgan fingerprint density at radius 3 is 2.91 bits per heavy atom. The normalized spacial score (nSPS) is 16.1. The van der Waals surface area contributed by atoms with Gasteiger partial charge in [0.15, 0.2) is 5.16 Å². The number of hydrogen-bond donors (Lipinski definition) is 1. The number of amides is 1. The summed E-state index contributed by atoms with van der Waals surface area (Å²) in [6.45, 7) is 1.16. The Labute approximate surface area is 191 Å². The Kier molecular flexibility index (Phi) is 5.85. The van der Waals surface area contributed by atoms with E-state index in [-0.39, 0.29) is 23.3 Å². The third-order valence-electron chi connectivity index (χ3n) is 5.30. The number of hydrogen-bond acceptors (Lipinski definition) is 8. The van der Waals surface area contributed by atoms with Crippen LogP contribution in [0.2, 0.25) is 0 Å². The van der Waals surface area contributed by atoms with E-state index in [9.17, 15) is 9.59 Å². The number of aromatic nitrogens is 4. The summed E-state index contributed by atoms with van der Waals surface area (Å²) in [6.07, 6.45) is 1.91. The Bertz CT molecular complexity index is 1320. The predicted octanol–water partition coefficient (Wildman–Crippen LogP) is 3.02. The van der Waals surface area contributed by atoms with Crippen molar-refractivity contribution in [2.24, 2.45) is 0 Å². The lowest BCUT2D eigenvalue weighted by Gasteiger charge is -2.13. The molecule has 11 heteroatoms. The maximum absolute atomic E-state index is 13.1. The average Bonchev–Trinajstić information content (AvgIpc) is 3.56. The van der Waals surface area contributed by atoms with Gasteiger partial charge in [-0.1, -0.05) is 11.8 Å². The molecular formula is C21H21N5O4S2. The predicted molar refractivity (Wildman–Crippen MR) is 124 cm³/mol. The lowest BCUT2D eigenvalue weighted by Crippen LogP contribution is -2.28. The Morgan fingerprint density at radius 1 is 1.31 bits per heavy atom. The Hall–Kier alpha value is -2.89. The van der Waals surface area contributed by atoms with Gasteiger partial charge in [-0.2, -0.15) is 0 Å². The molecule has 1 aliphatic rings. The van der Waals surface area contributed by atoms with Crippen LogP contribution in [0.3, 0.4) is 0 Å². The molecule has 4 heterocycles. The number of benzene rings is 1. The number of rotatable bonds is 7. The molecule has 3 aromatic heterocycles. The van der Waals surface area contributed by atoms with Crippen molar-refractivity contribution in [1.29, 1.82) is 0 Å². The third-order valence-corrected chi connectivity index (χ3v) is 7.12. The molecule has 1 N–H and O–H groups in total. The fourth-order valence-electron chi connectivity index (χ4n) is 3.75. The fourth-order valence-corrected chi connectivity index (χ4v) is 5.32. The smallest absolute Gasteiger partial charge is 0.272 e. The summed E-state index contributed by atoms with van der Waals surface area (Å²) in [5.74, 6) is 1.19. The van der Waals surface area contributed by atoms with Crippen LogP contribution in [0, 0.1) is 0 Å². The highest BCUT2D eigenvalue weighted by molar-refractivity contribution is 7.99. The second-order valence-electron chi connectivity index (χ2n) is 7.37. The summed E-state index contributed by atoms with van der Waals surface area (Å²) in [5.41, 5.74) is 1.36. The number of fused-ring (bicyclic) bond motifs is 3. The van der Waals surface area contributed by atoms with Crippen molar-refractivity contribution in [2.75, 3.05) is 24.8 Å². The monoisotopic (exact) mass is 471 g/mol. The first-order chi connectivity index (χ1) is 15.6. The van der Waals surface area contributed by atoms with E-state index in [1.54, 1.807) is 35.9 Å². The van der Waals surface area contributed by atoms with Crippen LogP contribution in [0.25, 0.3) is 16.0 Å². The van der Waals surface area contributed by atoms with E-state index in [2.05, 4.69) is 15.5 Å². The van der Waals surface area contributed by atoms with Crippen LogP contribution in [-0.4, -0.2) is 50.6 Å². The van der Waals surface area contributed by atoms with Crippen molar-refractivity contribution in [2.45, 2.75) is 30.6 Å². The van der Waals surface area contributed by atoms with Crippen LogP contribution in [0.5, 0.6) is 5.75 Å². The highest BCUT2D eigenvalue weighted by Crippen LogP contribution is 2.25. The van der Waals surface area contributed by atoms with E-state index < -0.39 is 0 Å². The highest BCUT2D eigenvalue weighted by atomic mass is 32.2. The first kappa shape index (κ1) is 21.0. The van der Waals surface area contributed by atoms with E-state index in [1.165, 1.54) is 23.1 Å². The molecule has 0 aliphatic carbocycles. The van der Waals surface area contributed by atoms with Crippen molar-refractivity contribution in [3.8, 4) is 5.75 Å². The molecular weight excluding hydrogens is 450 g/mol. The summed E-state index contributed by atoms with van der Waals surface area (Å²) >= 11 is 2.67. The molecule has 4 aromatic rings. The molecule has 166 valence electrons. The molecule has 0 spiro atoms. The van der Waals surface area contributed by atoms with Crippen molar-refractivity contribution in [3.05, 3.63) is 46.1 Å². The summed E-state index contributed by atoms with van der Waals surface area (Å²) in [7, 11) is 1.60.